The molecule has 0 saturated carbocycles. The summed E-state index contributed by atoms with van der Waals surface area (Å²) in [4.78, 5) is 13.8. The molecule has 2 heterocycles. The Morgan fingerprint density at radius 3 is 2.86 bits per heavy atom. The number of nitrogens with two attached hydrogens (primary N) is 1. The van der Waals surface area contributed by atoms with Crippen molar-refractivity contribution in [3.63, 3.8) is 0 Å². The number of nitrogens with zero attached hydrogens (tertiary/aromatic N) is 1. The number of amides is 1. The molecular formula is C10H18N2O2. The molecule has 2 aliphatic rings. The lowest BCUT2D eigenvalue weighted by Crippen LogP contribution is -2.54. The summed E-state index contributed by atoms with van der Waals surface area (Å²) in [5.74, 6) is 0.187. The summed E-state index contributed by atoms with van der Waals surface area (Å²) in [6, 6.07) is 0.386. The van der Waals surface area contributed by atoms with E-state index in [1.54, 1.807) is 0 Å². The number of carbonyl (C=O) groups excluding carboxylic acids is 1. The van der Waals surface area contributed by atoms with E-state index in [4.69, 9.17) is 10.5 Å². The molecule has 2 saturated heterocycles. The predicted octanol–water partition coefficient (Wildman–Crippen LogP) is 0.115. The van der Waals surface area contributed by atoms with E-state index in [-0.39, 0.29) is 12.0 Å². The van der Waals surface area contributed by atoms with Crippen molar-refractivity contribution in [3.8, 4) is 0 Å². The highest BCUT2D eigenvalue weighted by molar-refractivity contribution is 5.82. The Morgan fingerprint density at radius 2 is 2.36 bits per heavy atom. The molecule has 0 bridgehead atoms. The van der Waals surface area contributed by atoms with Crippen molar-refractivity contribution in [2.45, 2.75) is 37.8 Å². The lowest BCUT2D eigenvalue weighted by Gasteiger charge is -2.42. The standard InChI is InChI=1S/C10H18N2O2/c11-5-3-8-4-6-12(8)10(13)9-2-1-7-14-9/h8-9H,1-7,11H2. The second-order valence-corrected chi connectivity index (χ2v) is 4.05. The Kier molecular flexibility index (Phi) is 3.03. The van der Waals surface area contributed by atoms with Crippen LogP contribution in [0.25, 0.3) is 0 Å². The molecule has 0 spiro atoms. The Bertz CT molecular complexity index is 214. The summed E-state index contributed by atoms with van der Waals surface area (Å²) >= 11 is 0. The first-order valence-electron chi connectivity index (χ1n) is 5.45. The summed E-state index contributed by atoms with van der Waals surface area (Å²) in [6.45, 7) is 2.30. The molecule has 0 aromatic heterocycles. The Morgan fingerprint density at radius 1 is 1.50 bits per heavy atom. The maximum Gasteiger partial charge on any atom is 0.251 e. The summed E-state index contributed by atoms with van der Waals surface area (Å²) in [5, 5.41) is 0. The maximum atomic E-state index is 11.9. The minimum atomic E-state index is -0.157. The first-order chi connectivity index (χ1) is 6.83. The van der Waals surface area contributed by atoms with Gasteiger partial charge in [-0.05, 0) is 32.2 Å². The van der Waals surface area contributed by atoms with E-state index in [0.29, 0.717) is 12.6 Å². The van der Waals surface area contributed by atoms with E-state index in [0.717, 1.165) is 38.8 Å². The molecule has 2 aliphatic heterocycles. The molecular weight excluding hydrogens is 180 g/mol. The van der Waals surface area contributed by atoms with Gasteiger partial charge in [-0.15, -0.1) is 0 Å². The van der Waals surface area contributed by atoms with E-state index in [1.165, 1.54) is 0 Å². The van der Waals surface area contributed by atoms with Gasteiger partial charge in [-0.25, -0.2) is 0 Å². The molecule has 2 fully saturated rings. The minimum Gasteiger partial charge on any atom is -0.368 e. The van der Waals surface area contributed by atoms with Crippen LogP contribution in [0.1, 0.15) is 25.7 Å². The van der Waals surface area contributed by atoms with Crippen LogP contribution in [0, 0.1) is 0 Å². The molecule has 1 amide bonds. The maximum absolute atomic E-state index is 11.9. The number of hydrogen-bond donors (Lipinski definition) is 1. The van der Waals surface area contributed by atoms with Crippen LogP contribution in [0.2, 0.25) is 0 Å². The highest BCUT2D eigenvalue weighted by atomic mass is 16.5. The van der Waals surface area contributed by atoms with Gasteiger partial charge >= 0.3 is 0 Å². The van der Waals surface area contributed by atoms with Gasteiger partial charge in [-0.2, -0.15) is 0 Å². The quantitative estimate of drug-likeness (QED) is 0.700. The average molecular weight is 198 g/mol. The molecule has 0 aliphatic carbocycles. The van der Waals surface area contributed by atoms with Crippen LogP contribution in [-0.2, 0) is 9.53 Å². The third-order valence-electron chi connectivity index (χ3n) is 3.13. The first-order valence-corrected chi connectivity index (χ1v) is 5.45. The number of hydrogen-bond acceptors (Lipinski definition) is 3. The molecule has 0 aromatic rings. The molecule has 0 aromatic carbocycles. The summed E-state index contributed by atoms with van der Waals surface area (Å²) in [7, 11) is 0. The average Bonchev–Trinajstić information content (AvgIpc) is 2.65. The van der Waals surface area contributed by atoms with E-state index >= 15 is 0 Å². The van der Waals surface area contributed by atoms with E-state index in [2.05, 4.69) is 0 Å². The van der Waals surface area contributed by atoms with Crippen LogP contribution < -0.4 is 5.73 Å². The Labute approximate surface area is 84.4 Å². The van der Waals surface area contributed by atoms with Gasteiger partial charge in [0.1, 0.15) is 6.10 Å². The van der Waals surface area contributed by atoms with Crippen molar-refractivity contribution in [2.24, 2.45) is 5.73 Å². The normalized spacial score (nSPS) is 31.6. The van der Waals surface area contributed by atoms with Gasteiger partial charge in [0.05, 0.1) is 0 Å². The fourth-order valence-corrected chi connectivity index (χ4v) is 2.18. The topological polar surface area (TPSA) is 55.6 Å². The van der Waals surface area contributed by atoms with E-state index in [9.17, 15) is 4.79 Å². The first kappa shape index (κ1) is 9.93. The second-order valence-electron chi connectivity index (χ2n) is 4.05. The third-order valence-corrected chi connectivity index (χ3v) is 3.13. The van der Waals surface area contributed by atoms with Crippen molar-refractivity contribution in [3.05, 3.63) is 0 Å². The Hall–Kier alpha value is -0.610. The fourth-order valence-electron chi connectivity index (χ4n) is 2.18. The highest BCUT2D eigenvalue weighted by Crippen LogP contribution is 2.24. The van der Waals surface area contributed by atoms with Crippen LogP contribution >= 0.6 is 0 Å². The van der Waals surface area contributed by atoms with Gasteiger partial charge in [0, 0.05) is 19.2 Å². The van der Waals surface area contributed by atoms with E-state index in [1.807, 2.05) is 4.90 Å². The van der Waals surface area contributed by atoms with Gasteiger partial charge in [0.2, 0.25) is 0 Å². The molecule has 80 valence electrons. The summed E-state index contributed by atoms with van der Waals surface area (Å²) in [5.41, 5.74) is 5.49. The number of ether oxygens (including phenoxy) is 1. The van der Waals surface area contributed by atoms with Crippen molar-refractivity contribution in [1.82, 2.24) is 4.90 Å². The summed E-state index contributed by atoms with van der Waals surface area (Å²) < 4.78 is 5.38. The fraction of sp³-hybridized carbons (Fsp3) is 0.900. The largest absolute Gasteiger partial charge is 0.368 e. The lowest BCUT2D eigenvalue weighted by molar-refractivity contribution is -0.149. The minimum absolute atomic E-state index is 0.157. The van der Waals surface area contributed by atoms with Crippen LogP contribution in [0.15, 0.2) is 0 Å². The molecule has 4 nitrogen and oxygen atoms in total. The SMILES string of the molecule is NCCC1CCN1C(=O)C1CCCO1. The van der Waals surface area contributed by atoms with Gasteiger partial charge < -0.3 is 15.4 Å². The molecule has 14 heavy (non-hydrogen) atoms. The zero-order valence-corrected chi connectivity index (χ0v) is 8.45. The predicted molar refractivity (Wildman–Crippen MR) is 52.8 cm³/mol. The monoisotopic (exact) mass is 198 g/mol. The number of carbonyl (C=O) groups is 1. The summed E-state index contributed by atoms with van der Waals surface area (Å²) in [6.07, 6.45) is 3.79. The molecule has 2 rings (SSSR count). The van der Waals surface area contributed by atoms with Crippen LogP contribution in [0.3, 0.4) is 0 Å². The number of likely N-dealkylation sites (tertiary alicyclic amines) is 1. The van der Waals surface area contributed by atoms with Gasteiger partial charge in [0.15, 0.2) is 0 Å². The van der Waals surface area contributed by atoms with Crippen LogP contribution in [0.5, 0.6) is 0 Å². The van der Waals surface area contributed by atoms with Gasteiger partial charge in [-0.3, -0.25) is 4.79 Å². The molecule has 0 radical (unpaired) electrons. The highest BCUT2D eigenvalue weighted by Gasteiger charge is 2.36. The molecule has 2 atom stereocenters. The smallest absolute Gasteiger partial charge is 0.251 e. The zero-order valence-electron chi connectivity index (χ0n) is 8.45. The molecule has 4 heteroatoms. The number of rotatable bonds is 3. The molecule has 2 N–H and O–H groups in total. The van der Waals surface area contributed by atoms with Crippen molar-refractivity contribution >= 4 is 5.91 Å². The van der Waals surface area contributed by atoms with Crippen molar-refractivity contribution in [2.75, 3.05) is 19.7 Å². The lowest BCUT2D eigenvalue weighted by atomic mass is 9.98. The third kappa shape index (κ3) is 1.77. The van der Waals surface area contributed by atoms with Crippen molar-refractivity contribution < 1.29 is 9.53 Å². The van der Waals surface area contributed by atoms with Crippen LogP contribution in [-0.4, -0.2) is 42.6 Å². The van der Waals surface area contributed by atoms with Gasteiger partial charge in [-0.1, -0.05) is 0 Å². The van der Waals surface area contributed by atoms with Crippen LogP contribution in [0.4, 0.5) is 0 Å². The molecule has 2 unspecified atom stereocenters. The van der Waals surface area contributed by atoms with Crippen molar-refractivity contribution in [1.29, 1.82) is 0 Å². The zero-order chi connectivity index (χ0) is 9.97. The second kappa shape index (κ2) is 4.28. The Balaban J connectivity index is 1.85. The van der Waals surface area contributed by atoms with E-state index < -0.39 is 0 Å². The van der Waals surface area contributed by atoms with Gasteiger partial charge in [0.25, 0.3) is 5.91 Å².